The first-order chi connectivity index (χ1) is 13.6. The zero-order valence-corrected chi connectivity index (χ0v) is 16.8. The first-order valence-corrected chi connectivity index (χ1v) is 10.2. The number of furan rings is 1. The van der Waals surface area contributed by atoms with E-state index in [1.54, 1.807) is 30.4 Å². The van der Waals surface area contributed by atoms with Crippen LogP contribution in [0.4, 0.5) is 0 Å². The summed E-state index contributed by atoms with van der Waals surface area (Å²) < 4.78 is 5.07. The zero-order valence-electron chi connectivity index (χ0n) is 16.0. The summed E-state index contributed by atoms with van der Waals surface area (Å²) in [5.41, 5.74) is 2.29. The van der Waals surface area contributed by atoms with E-state index in [0.717, 1.165) is 23.3 Å². The van der Waals surface area contributed by atoms with Gasteiger partial charge in [0, 0.05) is 4.88 Å². The number of carbonyl (C=O) groups excluding carboxylic acids is 2. The molecule has 3 aromatic rings. The van der Waals surface area contributed by atoms with Gasteiger partial charge in [0.1, 0.15) is 6.04 Å². The largest absolute Gasteiger partial charge is 0.459 e. The van der Waals surface area contributed by atoms with E-state index in [1.165, 1.54) is 11.8 Å². The Balaban J connectivity index is 1.72. The van der Waals surface area contributed by atoms with Crippen molar-refractivity contribution in [2.75, 3.05) is 0 Å². The standard InChI is InChI=1S/C22H24N2O3S/c1-3-6-16-9-11-17(12-10-16)20(19-8-5-14-28-19)24-21(25)15(2)23-22(26)18-7-4-13-27-18/h4-5,7-15,20H,3,6H2,1-2H3,(H,23,26)(H,24,25)/t15-,20?/m0/s1. The third kappa shape index (κ3) is 4.89. The molecule has 0 aliphatic rings. The zero-order chi connectivity index (χ0) is 19.9. The molecule has 5 nitrogen and oxygen atoms in total. The van der Waals surface area contributed by atoms with Crippen LogP contribution in [-0.2, 0) is 11.2 Å². The normalized spacial score (nSPS) is 12.9. The first-order valence-electron chi connectivity index (χ1n) is 9.35. The Bertz CT molecular complexity index is 887. The molecule has 0 aliphatic heterocycles. The van der Waals surface area contributed by atoms with Crippen LogP contribution in [0, 0.1) is 0 Å². The maximum atomic E-state index is 12.7. The number of carbonyl (C=O) groups is 2. The summed E-state index contributed by atoms with van der Waals surface area (Å²) in [5.74, 6) is -0.485. The van der Waals surface area contributed by atoms with Crippen LogP contribution in [0.1, 0.15) is 52.9 Å². The summed E-state index contributed by atoms with van der Waals surface area (Å²) in [6, 6.07) is 14.5. The second-order valence-corrected chi connectivity index (χ2v) is 7.60. The number of hydrogen-bond acceptors (Lipinski definition) is 4. The number of hydrogen-bond donors (Lipinski definition) is 2. The van der Waals surface area contributed by atoms with Crippen molar-refractivity contribution in [1.29, 1.82) is 0 Å². The average Bonchev–Trinajstić information content (AvgIpc) is 3.41. The smallest absolute Gasteiger partial charge is 0.287 e. The van der Waals surface area contributed by atoms with Crippen LogP contribution in [0.25, 0.3) is 0 Å². The second kappa shape index (κ2) is 9.37. The number of thiophene rings is 1. The highest BCUT2D eigenvalue weighted by atomic mass is 32.1. The molecule has 0 saturated heterocycles. The summed E-state index contributed by atoms with van der Waals surface area (Å²) >= 11 is 1.59. The van der Waals surface area contributed by atoms with Crippen LogP contribution in [0.3, 0.4) is 0 Å². The van der Waals surface area contributed by atoms with Gasteiger partial charge in [0.2, 0.25) is 5.91 Å². The van der Waals surface area contributed by atoms with Gasteiger partial charge in [-0.05, 0) is 48.1 Å². The van der Waals surface area contributed by atoms with Crippen LogP contribution in [0.2, 0.25) is 0 Å². The summed E-state index contributed by atoms with van der Waals surface area (Å²) in [6.07, 6.45) is 3.55. The highest BCUT2D eigenvalue weighted by molar-refractivity contribution is 7.10. The van der Waals surface area contributed by atoms with Crippen molar-refractivity contribution in [3.8, 4) is 0 Å². The number of nitrogens with one attached hydrogen (secondary N) is 2. The Labute approximate surface area is 168 Å². The number of amides is 2. The van der Waals surface area contributed by atoms with Crippen molar-refractivity contribution >= 4 is 23.2 Å². The predicted molar refractivity (Wildman–Crippen MR) is 110 cm³/mol. The lowest BCUT2D eigenvalue weighted by atomic mass is 10.0. The first kappa shape index (κ1) is 19.9. The van der Waals surface area contributed by atoms with Crippen LogP contribution in [0.5, 0.6) is 0 Å². The highest BCUT2D eigenvalue weighted by Gasteiger charge is 2.23. The minimum atomic E-state index is -0.695. The average molecular weight is 397 g/mol. The molecule has 2 aromatic heterocycles. The van der Waals surface area contributed by atoms with Crippen molar-refractivity contribution in [3.05, 3.63) is 81.9 Å². The van der Waals surface area contributed by atoms with Crippen LogP contribution < -0.4 is 10.6 Å². The van der Waals surface area contributed by atoms with E-state index in [4.69, 9.17) is 4.42 Å². The lowest BCUT2D eigenvalue weighted by Crippen LogP contribution is -2.45. The molecule has 146 valence electrons. The summed E-state index contributed by atoms with van der Waals surface area (Å²) in [5, 5.41) is 7.72. The lowest BCUT2D eigenvalue weighted by Gasteiger charge is -2.21. The highest BCUT2D eigenvalue weighted by Crippen LogP contribution is 2.26. The van der Waals surface area contributed by atoms with Crippen molar-refractivity contribution in [3.63, 3.8) is 0 Å². The topological polar surface area (TPSA) is 71.3 Å². The quantitative estimate of drug-likeness (QED) is 0.596. The number of aryl methyl sites for hydroxylation is 1. The van der Waals surface area contributed by atoms with E-state index >= 15 is 0 Å². The maximum Gasteiger partial charge on any atom is 0.287 e. The molecule has 2 atom stereocenters. The molecule has 0 saturated carbocycles. The Morgan fingerprint density at radius 2 is 1.86 bits per heavy atom. The van der Waals surface area contributed by atoms with Gasteiger partial charge < -0.3 is 15.1 Å². The van der Waals surface area contributed by atoms with E-state index in [1.807, 2.05) is 17.5 Å². The fourth-order valence-electron chi connectivity index (χ4n) is 2.95. The SMILES string of the molecule is CCCc1ccc(C(NC(=O)[C@H](C)NC(=O)c2ccco2)c2cccs2)cc1. The van der Waals surface area contributed by atoms with Gasteiger partial charge in [-0.25, -0.2) is 0 Å². The van der Waals surface area contributed by atoms with Crippen LogP contribution in [0.15, 0.2) is 64.6 Å². The molecule has 0 spiro atoms. The second-order valence-electron chi connectivity index (χ2n) is 6.62. The monoisotopic (exact) mass is 396 g/mol. The van der Waals surface area contributed by atoms with Gasteiger partial charge in [-0.15, -0.1) is 11.3 Å². The fourth-order valence-corrected chi connectivity index (χ4v) is 3.75. The van der Waals surface area contributed by atoms with Gasteiger partial charge in [-0.1, -0.05) is 43.7 Å². The van der Waals surface area contributed by atoms with E-state index in [-0.39, 0.29) is 17.7 Å². The molecular weight excluding hydrogens is 372 g/mol. The van der Waals surface area contributed by atoms with Crippen LogP contribution in [-0.4, -0.2) is 17.9 Å². The number of rotatable bonds is 8. The Kier molecular flexibility index (Phi) is 6.66. The Morgan fingerprint density at radius 3 is 2.46 bits per heavy atom. The maximum absolute atomic E-state index is 12.7. The summed E-state index contributed by atoms with van der Waals surface area (Å²) in [6.45, 7) is 3.81. The molecule has 3 rings (SSSR count). The molecule has 1 unspecified atom stereocenters. The van der Waals surface area contributed by atoms with E-state index in [2.05, 4.69) is 41.8 Å². The van der Waals surface area contributed by atoms with Crippen molar-refractivity contribution in [2.45, 2.75) is 38.8 Å². The van der Waals surface area contributed by atoms with Crippen molar-refractivity contribution < 1.29 is 14.0 Å². The molecule has 2 N–H and O–H groups in total. The van der Waals surface area contributed by atoms with Gasteiger partial charge in [0.15, 0.2) is 5.76 Å². The molecule has 0 radical (unpaired) electrons. The lowest BCUT2D eigenvalue weighted by molar-refractivity contribution is -0.123. The number of benzene rings is 1. The molecule has 0 bridgehead atoms. The predicted octanol–water partition coefficient (Wildman–Crippen LogP) is 4.32. The van der Waals surface area contributed by atoms with Crippen molar-refractivity contribution in [2.24, 2.45) is 0 Å². The fraction of sp³-hybridized carbons (Fsp3) is 0.273. The van der Waals surface area contributed by atoms with Gasteiger partial charge >= 0.3 is 0 Å². The van der Waals surface area contributed by atoms with E-state index < -0.39 is 11.9 Å². The molecular formula is C22H24N2O3S. The Morgan fingerprint density at radius 1 is 1.07 bits per heavy atom. The molecule has 2 heterocycles. The summed E-state index contributed by atoms with van der Waals surface area (Å²) in [4.78, 5) is 25.9. The van der Waals surface area contributed by atoms with Crippen molar-refractivity contribution in [1.82, 2.24) is 10.6 Å². The van der Waals surface area contributed by atoms with Gasteiger partial charge in [-0.3, -0.25) is 9.59 Å². The third-order valence-corrected chi connectivity index (χ3v) is 5.39. The van der Waals surface area contributed by atoms with E-state index in [9.17, 15) is 9.59 Å². The minimum Gasteiger partial charge on any atom is -0.459 e. The summed E-state index contributed by atoms with van der Waals surface area (Å²) in [7, 11) is 0. The molecule has 1 aromatic carbocycles. The molecule has 2 amide bonds. The molecule has 28 heavy (non-hydrogen) atoms. The Hall–Kier alpha value is -2.86. The van der Waals surface area contributed by atoms with E-state index in [0.29, 0.717) is 0 Å². The van der Waals surface area contributed by atoms with Gasteiger partial charge in [0.05, 0.1) is 12.3 Å². The van der Waals surface area contributed by atoms with Crippen LogP contribution >= 0.6 is 11.3 Å². The molecule has 6 heteroatoms. The third-order valence-electron chi connectivity index (χ3n) is 4.45. The minimum absolute atomic E-state index is 0.181. The van der Waals surface area contributed by atoms with Gasteiger partial charge in [0.25, 0.3) is 5.91 Å². The molecule has 0 fully saturated rings. The molecule has 0 aliphatic carbocycles. The van der Waals surface area contributed by atoms with Gasteiger partial charge in [-0.2, -0.15) is 0 Å².